The maximum Gasteiger partial charge on any atom is 0.290 e. The molecule has 0 saturated heterocycles. The fraction of sp³-hybridized carbons (Fsp3) is 0.0870. The average Bonchev–Trinajstić information content (AvgIpc) is 3.49. The lowest BCUT2D eigenvalue weighted by atomic mass is 10.00. The Hall–Kier alpha value is -3.42. The predicted octanol–water partition coefficient (Wildman–Crippen LogP) is 5.32. The van der Waals surface area contributed by atoms with Crippen LogP contribution in [0.1, 0.15) is 27.0 Å². The first-order valence-electron chi connectivity index (χ1n) is 9.43. The molecular formula is C23H15ClN2O4S. The number of hydrogen-bond donors (Lipinski definition) is 1. The highest BCUT2D eigenvalue weighted by Gasteiger charge is 2.45. The molecule has 31 heavy (non-hydrogen) atoms. The number of furan rings is 1. The Morgan fingerprint density at radius 1 is 1.19 bits per heavy atom. The molecule has 1 aromatic carbocycles. The summed E-state index contributed by atoms with van der Waals surface area (Å²) in [6.45, 7) is 0.223. The van der Waals surface area contributed by atoms with Gasteiger partial charge in [-0.15, -0.1) is 11.3 Å². The van der Waals surface area contributed by atoms with E-state index in [1.807, 2.05) is 17.5 Å². The molecule has 154 valence electrons. The van der Waals surface area contributed by atoms with Crippen LogP contribution in [-0.4, -0.2) is 26.7 Å². The number of carbonyl (C=O) groups is 2. The number of Topliss-reactive ketones (excluding diaryl/α,β-unsaturated/α-hetero) is 1. The van der Waals surface area contributed by atoms with E-state index in [2.05, 4.69) is 4.98 Å². The highest BCUT2D eigenvalue weighted by Crippen LogP contribution is 2.42. The third-order valence-electron chi connectivity index (χ3n) is 5.17. The lowest BCUT2D eigenvalue weighted by molar-refractivity contribution is -0.130. The van der Waals surface area contributed by atoms with Crippen molar-refractivity contribution in [3.05, 3.63) is 98.9 Å². The number of pyridine rings is 1. The van der Waals surface area contributed by atoms with Gasteiger partial charge in [0.2, 0.25) is 5.78 Å². The Morgan fingerprint density at radius 2 is 2.00 bits per heavy atom. The van der Waals surface area contributed by atoms with Crippen molar-refractivity contribution in [1.29, 1.82) is 0 Å². The molecule has 5 rings (SSSR count). The van der Waals surface area contributed by atoms with Gasteiger partial charge >= 0.3 is 0 Å². The summed E-state index contributed by atoms with van der Waals surface area (Å²) in [5, 5.41) is 13.8. The summed E-state index contributed by atoms with van der Waals surface area (Å²) >= 11 is 7.44. The molecule has 6 nitrogen and oxygen atoms in total. The van der Waals surface area contributed by atoms with E-state index in [1.165, 1.54) is 16.2 Å². The molecule has 3 aromatic heterocycles. The van der Waals surface area contributed by atoms with Gasteiger partial charge in [-0.25, -0.2) is 0 Å². The predicted molar refractivity (Wildman–Crippen MR) is 117 cm³/mol. The SMILES string of the molecule is O=C(C1=C(O)C(=O)N(Cc2ccncc2)C1c1cccs1)c1cc2cc(Cl)ccc2o1. The molecule has 0 spiro atoms. The zero-order chi connectivity index (χ0) is 21.5. The second-order valence-electron chi connectivity index (χ2n) is 7.09. The summed E-state index contributed by atoms with van der Waals surface area (Å²) in [7, 11) is 0. The molecule has 1 atom stereocenters. The quantitative estimate of drug-likeness (QED) is 0.416. The molecule has 1 N–H and O–H groups in total. The molecule has 4 heterocycles. The largest absolute Gasteiger partial charge is 0.503 e. The van der Waals surface area contributed by atoms with E-state index in [-0.39, 0.29) is 17.9 Å². The minimum atomic E-state index is -0.718. The molecule has 8 heteroatoms. The standard InChI is InChI=1S/C23H15ClN2O4S/c24-15-3-4-16-14(10-15)11-17(30-16)21(27)19-20(18-2-1-9-31-18)26(23(29)22(19)28)12-13-5-7-25-8-6-13/h1-11,20,28H,12H2. The number of carbonyl (C=O) groups excluding carboxylic acids is 2. The summed E-state index contributed by atoms with van der Waals surface area (Å²) in [4.78, 5) is 32.7. The number of nitrogens with zero attached hydrogens (tertiary/aromatic N) is 2. The summed E-state index contributed by atoms with van der Waals surface area (Å²) in [6.07, 6.45) is 3.27. The highest BCUT2D eigenvalue weighted by molar-refractivity contribution is 7.10. The number of aliphatic hydroxyl groups is 1. The van der Waals surface area contributed by atoms with Crippen LogP contribution in [0, 0.1) is 0 Å². The van der Waals surface area contributed by atoms with Crippen LogP contribution in [-0.2, 0) is 11.3 Å². The van der Waals surface area contributed by atoms with Gasteiger partial charge in [-0.1, -0.05) is 17.7 Å². The Morgan fingerprint density at radius 3 is 2.74 bits per heavy atom. The summed E-state index contributed by atoms with van der Waals surface area (Å²) < 4.78 is 5.71. The minimum Gasteiger partial charge on any atom is -0.503 e. The van der Waals surface area contributed by atoms with Crippen LogP contribution in [0.3, 0.4) is 0 Å². The van der Waals surface area contributed by atoms with E-state index in [1.54, 1.807) is 48.8 Å². The maximum atomic E-state index is 13.4. The molecule has 0 fully saturated rings. The van der Waals surface area contributed by atoms with E-state index in [9.17, 15) is 14.7 Å². The van der Waals surface area contributed by atoms with Crippen molar-refractivity contribution in [2.45, 2.75) is 12.6 Å². The average molecular weight is 451 g/mol. The molecule has 1 aliphatic rings. The Kier molecular flexibility index (Phi) is 4.84. The van der Waals surface area contributed by atoms with Gasteiger partial charge in [-0.05, 0) is 53.4 Å². The molecule has 1 aliphatic heterocycles. The molecule has 0 saturated carbocycles. The second-order valence-corrected chi connectivity index (χ2v) is 8.51. The van der Waals surface area contributed by atoms with Crippen molar-refractivity contribution in [3.8, 4) is 0 Å². The number of aliphatic hydroxyl groups excluding tert-OH is 1. The van der Waals surface area contributed by atoms with Gasteiger partial charge < -0.3 is 14.4 Å². The van der Waals surface area contributed by atoms with Gasteiger partial charge in [0, 0.05) is 34.2 Å². The van der Waals surface area contributed by atoms with E-state index < -0.39 is 23.5 Å². The van der Waals surface area contributed by atoms with Gasteiger partial charge in [-0.2, -0.15) is 0 Å². The van der Waals surface area contributed by atoms with Crippen LogP contribution in [0.15, 0.2) is 82.1 Å². The lowest BCUT2D eigenvalue weighted by Crippen LogP contribution is -2.30. The van der Waals surface area contributed by atoms with Gasteiger partial charge in [0.05, 0.1) is 5.57 Å². The fourth-order valence-electron chi connectivity index (χ4n) is 3.74. The molecule has 0 aliphatic carbocycles. The Balaban J connectivity index is 1.58. The van der Waals surface area contributed by atoms with E-state index in [0.29, 0.717) is 16.0 Å². The minimum absolute atomic E-state index is 0.00617. The van der Waals surface area contributed by atoms with E-state index >= 15 is 0 Å². The van der Waals surface area contributed by atoms with E-state index in [0.717, 1.165) is 10.4 Å². The molecule has 4 aromatic rings. The number of ketones is 1. The summed E-state index contributed by atoms with van der Waals surface area (Å²) in [5.41, 5.74) is 1.34. The van der Waals surface area contributed by atoms with Crippen LogP contribution in [0.25, 0.3) is 11.0 Å². The van der Waals surface area contributed by atoms with Crippen molar-refractivity contribution < 1.29 is 19.1 Å². The van der Waals surface area contributed by atoms with Crippen molar-refractivity contribution in [2.75, 3.05) is 0 Å². The third kappa shape index (κ3) is 3.41. The number of aromatic nitrogens is 1. The molecule has 0 radical (unpaired) electrons. The van der Waals surface area contributed by atoms with Crippen LogP contribution in [0.2, 0.25) is 5.02 Å². The van der Waals surface area contributed by atoms with Gasteiger partial charge in [0.15, 0.2) is 11.5 Å². The summed E-state index contributed by atoms with van der Waals surface area (Å²) in [6, 6.07) is 13.2. The first kappa shape index (κ1) is 19.5. The fourth-order valence-corrected chi connectivity index (χ4v) is 4.76. The van der Waals surface area contributed by atoms with Gasteiger partial charge in [-0.3, -0.25) is 14.6 Å². The van der Waals surface area contributed by atoms with Crippen molar-refractivity contribution in [1.82, 2.24) is 9.88 Å². The highest BCUT2D eigenvalue weighted by atomic mass is 35.5. The number of rotatable bonds is 5. The first-order chi connectivity index (χ1) is 15.0. The molecule has 1 unspecified atom stereocenters. The summed E-state index contributed by atoms with van der Waals surface area (Å²) in [5.74, 6) is -1.65. The van der Waals surface area contributed by atoms with Crippen LogP contribution >= 0.6 is 22.9 Å². The third-order valence-corrected chi connectivity index (χ3v) is 6.33. The van der Waals surface area contributed by atoms with Crippen LogP contribution in [0.4, 0.5) is 0 Å². The number of fused-ring (bicyclic) bond motifs is 1. The monoisotopic (exact) mass is 450 g/mol. The molecule has 1 amide bonds. The van der Waals surface area contributed by atoms with E-state index in [4.69, 9.17) is 16.0 Å². The normalized spacial score (nSPS) is 16.5. The Labute approximate surface area is 186 Å². The van der Waals surface area contributed by atoms with Gasteiger partial charge in [0.25, 0.3) is 5.91 Å². The zero-order valence-corrected chi connectivity index (χ0v) is 17.6. The maximum absolute atomic E-state index is 13.4. The topological polar surface area (TPSA) is 83.6 Å². The first-order valence-corrected chi connectivity index (χ1v) is 10.7. The molecular weight excluding hydrogens is 436 g/mol. The van der Waals surface area contributed by atoms with Crippen molar-refractivity contribution >= 4 is 45.6 Å². The number of amides is 1. The number of benzene rings is 1. The smallest absolute Gasteiger partial charge is 0.290 e. The van der Waals surface area contributed by atoms with Crippen LogP contribution in [0.5, 0.6) is 0 Å². The van der Waals surface area contributed by atoms with Crippen molar-refractivity contribution in [2.24, 2.45) is 0 Å². The number of halogens is 1. The molecule has 0 bridgehead atoms. The Bertz CT molecular complexity index is 1330. The zero-order valence-electron chi connectivity index (χ0n) is 16.0. The van der Waals surface area contributed by atoms with Gasteiger partial charge in [0.1, 0.15) is 11.6 Å². The van der Waals surface area contributed by atoms with Crippen molar-refractivity contribution in [3.63, 3.8) is 0 Å². The lowest BCUT2D eigenvalue weighted by Gasteiger charge is -2.25. The number of thiophene rings is 1. The second kappa shape index (κ2) is 7.68. The number of hydrogen-bond acceptors (Lipinski definition) is 6. The van der Waals surface area contributed by atoms with Crippen LogP contribution < -0.4 is 0 Å².